The van der Waals surface area contributed by atoms with Gasteiger partial charge in [0.1, 0.15) is 11.3 Å². The number of aromatic nitrogens is 4. The number of anilines is 1. The van der Waals surface area contributed by atoms with Gasteiger partial charge in [0, 0.05) is 32.0 Å². The van der Waals surface area contributed by atoms with Crippen LogP contribution >= 0.6 is 0 Å². The fraction of sp³-hybridized carbons (Fsp3) is 0.400. The second-order valence-corrected chi connectivity index (χ2v) is 7.19. The maximum Gasteiger partial charge on any atom is 0.273 e. The number of pyridine rings is 1. The van der Waals surface area contributed by atoms with E-state index in [1.807, 2.05) is 46.8 Å². The largest absolute Gasteiger partial charge is 0.378 e. The molecule has 2 aliphatic heterocycles. The zero-order valence-corrected chi connectivity index (χ0v) is 15.8. The van der Waals surface area contributed by atoms with E-state index in [2.05, 4.69) is 14.9 Å². The van der Waals surface area contributed by atoms with E-state index in [-0.39, 0.29) is 5.91 Å². The molecule has 0 aliphatic carbocycles. The number of amides is 1. The highest BCUT2D eigenvalue weighted by Gasteiger charge is 2.27. The van der Waals surface area contributed by atoms with Crippen LogP contribution in [0.2, 0.25) is 0 Å². The van der Waals surface area contributed by atoms with Crippen LogP contribution in [-0.4, -0.2) is 63.0 Å². The molecule has 0 atom stereocenters. The Morgan fingerprint density at radius 2 is 2.00 bits per heavy atom. The first-order valence-electron chi connectivity index (χ1n) is 9.61. The number of ether oxygens (including phenoxy) is 1. The zero-order chi connectivity index (χ0) is 19.1. The van der Waals surface area contributed by atoms with Gasteiger partial charge in [-0.05, 0) is 31.0 Å². The van der Waals surface area contributed by atoms with E-state index >= 15 is 0 Å². The van der Waals surface area contributed by atoms with Crippen molar-refractivity contribution < 1.29 is 9.53 Å². The Morgan fingerprint density at radius 3 is 2.86 bits per heavy atom. The second-order valence-electron chi connectivity index (χ2n) is 7.19. The standard InChI is InChI=1S/C20H22N6O2/c1-14-18(26-6-3-2-4-17(26)22-14)19(27)25-7-5-15-12-21-20(23-16(15)13-25)24-8-10-28-11-9-24/h2-4,6,12H,5,7-11,13H2,1H3. The molecule has 3 aromatic rings. The first-order valence-corrected chi connectivity index (χ1v) is 9.61. The fourth-order valence-corrected chi connectivity index (χ4v) is 3.90. The Balaban J connectivity index is 1.43. The molecule has 0 saturated carbocycles. The van der Waals surface area contributed by atoms with E-state index < -0.39 is 0 Å². The maximum atomic E-state index is 13.3. The van der Waals surface area contributed by atoms with Crippen molar-refractivity contribution in [2.24, 2.45) is 0 Å². The van der Waals surface area contributed by atoms with Crippen molar-refractivity contribution in [3.8, 4) is 0 Å². The molecule has 1 saturated heterocycles. The Labute approximate surface area is 162 Å². The van der Waals surface area contributed by atoms with E-state index in [1.165, 1.54) is 0 Å². The summed E-state index contributed by atoms with van der Waals surface area (Å²) in [4.78, 5) is 31.1. The van der Waals surface area contributed by atoms with Gasteiger partial charge in [0.2, 0.25) is 5.95 Å². The minimum absolute atomic E-state index is 0.00613. The number of hydrogen-bond acceptors (Lipinski definition) is 6. The lowest BCUT2D eigenvalue weighted by atomic mass is 10.1. The first-order chi connectivity index (χ1) is 13.7. The second kappa shape index (κ2) is 6.87. The van der Waals surface area contributed by atoms with Crippen molar-refractivity contribution in [3.63, 3.8) is 0 Å². The predicted octanol–water partition coefficient (Wildman–Crippen LogP) is 1.47. The molecule has 0 spiro atoms. The maximum absolute atomic E-state index is 13.3. The average Bonchev–Trinajstić information content (AvgIpc) is 3.08. The molecule has 0 radical (unpaired) electrons. The number of carbonyl (C=O) groups excluding carboxylic acids is 1. The SMILES string of the molecule is Cc1nc2ccccn2c1C(=O)N1CCc2cnc(N3CCOCC3)nc2C1. The summed E-state index contributed by atoms with van der Waals surface area (Å²) in [6.07, 6.45) is 4.56. The molecule has 1 amide bonds. The van der Waals surface area contributed by atoms with Gasteiger partial charge in [0.05, 0.1) is 31.1 Å². The Hall–Kier alpha value is -3.00. The number of morpholine rings is 1. The molecule has 5 heterocycles. The van der Waals surface area contributed by atoms with Gasteiger partial charge in [-0.2, -0.15) is 0 Å². The van der Waals surface area contributed by atoms with Gasteiger partial charge in [0.25, 0.3) is 5.91 Å². The lowest BCUT2D eigenvalue weighted by molar-refractivity contribution is 0.0723. The van der Waals surface area contributed by atoms with Crippen LogP contribution in [0, 0.1) is 6.92 Å². The summed E-state index contributed by atoms with van der Waals surface area (Å²) >= 11 is 0. The summed E-state index contributed by atoms with van der Waals surface area (Å²) in [5.74, 6) is 0.718. The Morgan fingerprint density at radius 1 is 1.14 bits per heavy atom. The Bertz CT molecular complexity index is 1040. The summed E-state index contributed by atoms with van der Waals surface area (Å²) in [5, 5.41) is 0. The van der Waals surface area contributed by atoms with Crippen LogP contribution in [-0.2, 0) is 17.7 Å². The smallest absolute Gasteiger partial charge is 0.273 e. The minimum Gasteiger partial charge on any atom is -0.378 e. The zero-order valence-electron chi connectivity index (χ0n) is 15.8. The van der Waals surface area contributed by atoms with Crippen molar-refractivity contribution >= 4 is 17.5 Å². The van der Waals surface area contributed by atoms with Crippen LogP contribution < -0.4 is 4.90 Å². The van der Waals surface area contributed by atoms with Gasteiger partial charge in [0.15, 0.2) is 0 Å². The molecule has 8 nitrogen and oxygen atoms in total. The lowest BCUT2D eigenvalue weighted by Crippen LogP contribution is -2.39. The third-order valence-corrected chi connectivity index (χ3v) is 5.42. The molecular formula is C20H22N6O2. The third-order valence-electron chi connectivity index (χ3n) is 5.42. The number of nitrogens with zero attached hydrogens (tertiary/aromatic N) is 6. The molecule has 2 aliphatic rings. The molecule has 144 valence electrons. The molecule has 5 rings (SSSR count). The van der Waals surface area contributed by atoms with Gasteiger partial charge in [-0.1, -0.05) is 6.07 Å². The van der Waals surface area contributed by atoms with Gasteiger partial charge >= 0.3 is 0 Å². The highest BCUT2D eigenvalue weighted by molar-refractivity contribution is 5.94. The molecule has 3 aromatic heterocycles. The lowest BCUT2D eigenvalue weighted by Gasteiger charge is -2.30. The Kier molecular flexibility index (Phi) is 4.20. The summed E-state index contributed by atoms with van der Waals surface area (Å²) < 4.78 is 7.28. The minimum atomic E-state index is -0.00613. The number of hydrogen-bond donors (Lipinski definition) is 0. The molecule has 0 N–H and O–H groups in total. The van der Waals surface area contributed by atoms with Crippen LogP contribution in [0.15, 0.2) is 30.6 Å². The van der Waals surface area contributed by atoms with Gasteiger partial charge < -0.3 is 14.5 Å². The quantitative estimate of drug-likeness (QED) is 0.672. The highest BCUT2D eigenvalue weighted by atomic mass is 16.5. The molecule has 0 aromatic carbocycles. The molecular weight excluding hydrogens is 356 g/mol. The summed E-state index contributed by atoms with van der Waals surface area (Å²) in [6.45, 7) is 6.01. The number of rotatable bonds is 2. The molecule has 1 fully saturated rings. The van der Waals surface area contributed by atoms with Crippen molar-refractivity contribution in [3.05, 3.63) is 53.2 Å². The number of imidazole rings is 1. The molecule has 0 unspecified atom stereocenters. The molecule has 28 heavy (non-hydrogen) atoms. The predicted molar refractivity (Wildman–Crippen MR) is 103 cm³/mol. The van der Waals surface area contributed by atoms with E-state index in [1.54, 1.807) is 0 Å². The average molecular weight is 378 g/mol. The van der Waals surface area contributed by atoms with Crippen molar-refractivity contribution in [1.29, 1.82) is 0 Å². The van der Waals surface area contributed by atoms with E-state index in [0.29, 0.717) is 32.0 Å². The summed E-state index contributed by atoms with van der Waals surface area (Å²) in [6, 6.07) is 5.76. The normalized spacial score (nSPS) is 17.0. The summed E-state index contributed by atoms with van der Waals surface area (Å²) in [5.41, 5.74) is 4.22. The van der Waals surface area contributed by atoms with Crippen molar-refractivity contribution in [1.82, 2.24) is 24.3 Å². The number of fused-ring (bicyclic) bond motifs is 2. The number of aryl methyl sites for hydroxylation is 1. The van der Waals surface area contributed by atoms with Gasteiger partial charge in [-0.25, -0.2) is 15.0 Å². The number of carbonyl (C=O) groups is 1. The van der Waals surface area contributed by atoms with Crippen LogP contribution in [0.1, 0.15) is 27.4 Å². The first kappa shape index (κ1) is 17.1. The van der Waals surface area contributed by atoms with Crippen LogP contribution in [0.4, 0.5) is 5.95 Å². The van der Waals surface area contributed by atoms with Gasteiger partial charge in [-0.15, -0.1) is 0 Å². The van der Waals surface area contributed by atoms with Crippen LogP contribution in [0.5, 0.6) is 0 Å². The van der Waals surface area contributed by atoms with E-state index in [9.17, 15) is 4.79 Å². The van der Waals surface area contributed by atoms with E-state index in [4.69, 9.17) is 9.72 Å². The topological polar surface area (TPSA) is 75.9 Å². The van der Waals surface area contributed by atoms with Crippen molar-refractivity contribution in [2.75, 3.05) is 37.7 Å². The highest BCUT2D eigenvalue weighted by Crippen LogP contribution is 2.22. The third kappa shape index (κ3) is 2.90. The van der Waals surface area contributed by atoms with E-state index in [0.717, 1.165) is 48.1 Å². The van der Waals surface area contributed by atoms with Gasteiger partial charge in [-0.3, -0.25) is 9.20 Å². The summed E-state index contributed by atoms with van der Waals surface area (Å²) in [7, 11) is 0. The molecule has 8 heteroatoms. The van der Waals surface area contributed by atoms with Crippen LogP contribution in [0.25, 0.3) is 5.65 Å². The monoisotopic (exact) mass is 378 g/mol. The van der Waals surface area contributed by atoms with Crippen LogP contribution in [0.3, 0.4) is 0 Å². The molecule has 0 bridgehead atoms. The van der Waals surface area contributed by atoms with Crippen molar-refractivity contribution in [2.45, 2.75) is 19.9 Å². The fourth-order valence-electron chi connectivity index (χ4n) is 3.90.